The van der Waals surface area contributed by atoms with Gasteiger partial charge in [0.15, 0.2) is 0 Å². The Morgan fingerprint density at radius 1 is 1.19 bits per heavy atom. The first-order chi connectivity index (χ1) is 10.1. The largest absolute Gasteiger partial charge is 0.369 e. The molecule has 0 spiro atoms. The van der Waals surface area contributed by atoms with Crippen LogP contribution in [0.3, 0.4) is 0 Å². The second-order valence-electron chi connectivity index (χ2n) is 4.84. The Balaban J connectivity index is 1.71. The van der Waals surface area contributed by atoms with E-state index < -0.39 is 0 Å². The minimum Gasteiger partial charge on any atom is -0.369 e. The summed E-state index contributed by atoms with van der Waals surface area (Å²) in [5, 5.41) is 3.86. The van der Waals surface area contributed by atoms with Crippen LogP contribution < -0.4 is 5.32 Å². The maximum absolute atomic E-state index is 5.99. The minimum absolute atomic E-state index is 0.197. The second kappa shape index (κ2) is 8.17. The van der Waals surface area contributed by atoms with Gasteiger partial charge in [-0.1, -0.05) is 41.9 Å². The molecule has 0 radical (unpaired) electrons. The average Bonchev–Trinajstić information content (AvgIpc) is 2.48. The van der Waals surface area contributed by atoms with Gasteiger partial charge in [0.1, 0.15) is 10.8 Å². The molecule has 0 aliphatic carbocycles. The summed E-state index contributed by atoms with van der Waals surface area (Å²) in [6.45, 7) is 2.71. The number of hydrogen-bond acceptors (Lipinski definition) is 4. The van der Waals surface area contributed by atoms with Crippen LogP contribution in [0, 0.1) is 0 Å². The Morgan fingerprint density at radius 2 is 1.95 bits per heavy atom. The highest BCUT2D eigenvalue weighted by Crippen LogP contribution is 2.19. The molecule has 0 atom stereocenters. The maximum Gasteiger partial charge on any atom is 0.224 e. The highest BCUT2D eigenvalue weighted by molar-refractivity contribution is 6.33. The zero-order chi connectivity index (χ0) is 15.1. The van der Waals surface area contributed by atoms with Crippen LogP contribution in [0.4, 0.5) is 5.82 Å². The molecule has 2 rings (SSSR count). The number of nitrogens with one attached hydrogen (secondary N) is 1. The van der Waals surface area contributed by atoms with E-state index in [1.807, 2.05) is 6.07 Å². The van der Waals surface area contributed by atoms with E-state index in [4.69, 9.17) is 23.2 Å². The molecule has 1 N–H and O–H groups in total. The van der Waals surface area contributed by atoms with Crippen LogP contribution in [0.25, 0.3) is 0 Å². The Kier molecular flexibility index (Phi) is 6.23. The molecule has 0 aliphatic rings. The van der Waals surface area contributed by atoms with Gasteiger partial charge in [0.25, 0.3) is 0 Å². The third-order valence-corrected chi connectivity index (χ3v) is 3.48. The zero-order valence-electron chi connectivity index (χ0n) is 11.9. The Labute approximate surface area is 135 Å². The van der Waals surface area contributed by atoms with Crippen molar-refractivity contribution in [3.05, 3.63) is 52.4 Å². The summed E-state index contributed by atoms with van der Waals surface area (Å²) in [6, 6.07) is 10.4. The monoisotopic (exact) mass is 324 g/mol. The molecule has 0 amide bonds. The number of rotatable bonds is 7. The second-order valence-corrected chi connectivity index (χ2v) is 5.58. The molecular formula is C15H18Cl2N4. The smallest absolute Gasteiger partial charge is 0.224 e. The van der Waals surface area contributed by atoms with Crippen molar-refractivity contribution in [1.82, 2.24) is 14.9 Å². The van der Waals surface area contributed by atoms with Crippen LogP contribution in [0.2, 0.25) is 10.3 Å². The van der Waals surface area contributed by atoms with Crippen molar-refractivity contribution >= 4 is 29.0 Å². The predicted molar refractivity (Wildman–Crippen MR) is 87.9 cm³/mol. The molecule has 1 aromatic carbocycles. The van der Waals surface area contributed by atoms with Gasteiger partial charge < -0.3 is 10.2 Å². The van der Waals surface area contributed by atoms with Gasteiger partial charge in [0.05, 0.1) is 6.20 Å². The fraction of sp³-hybridized carbons (Fsp3) is 0.333. The number of halogens is 2. The van der Waals surface area contributed by atoms with E-state index in [0.29, 0.717) is 10.8 Å². The van der Waals surface area contributed by atoms with Crippen molar-refractivity contribution < 1.29 is 0 Å². The van der Waals surface area contributed by atoms with Crippen molar-refractivity contribution in [2.75, 3.05) is 25.5 Å². The van der Waals surface area contributed by atoms with Crippen LogP contribution >= 0.6 is 23.2 Å². The van der Waals surface area contributed by atoms with Gasteiger partial charge >= 0.3 is 0 Å². The van der Waals surface area contributed by atoms with Gasteiger partial charge in [0.2, 0.25) is 5.28 Å². The average molecular weight is 325 g/mol. The van der Waals surface area contributed by atoms with Crippen molar-refractivity contribution in [3.8, 4) is 0 Å². The van der Waals surface area contributed by atoms with Gasteiger partial charge in [0, 0.05) is 13.1 Å². The third kappa shape index (κ3) is 5.50. The summed E-state index contributed by atoms with van der Waals surface area (Å²) in [4.78, 5) is 10.2. The lowest BCUT2D eigenvalue weighted by Gasteiger charge is -2.17. The number of hydrogen-bond donors (Lipinski definition) is 1. The summed E-state index contributed by atoms with van der Waals surface area (Å²) >= 11 is 11.7. The number of nitrogens with zero attached hydrogens (tertiary/aromatic N) is 3. The first kappa shape index (κ1) is 16.0. The van der Waals surface area contributed by atoms with Gasteiger partial charge in [-0.3, -0.25) is 0 Å². The van der Waals surface area contributed by atoms with Gasteiger partial charge in [-0.15, -0.1) is 0 Å². The summed E-state index contributed by atoms with van der Waals surface area (Å²) in [5.41, 5.74) is 1.32. The molecule has 0 saturated carbocycles. The van der Waals surface area contributed by atoms with E-state index in [2.05, 4.69) is 51.5 Å². The topological polar surface area (TPSA) is 41.0 Å². The highest BCUT2D eigenvalue weighted by atomic mass is 35.5. The van der Waals surface area contributed by atoms with Crippen LogP contribution in [0.15, 0.2) is 36.5 Å². The number of aromatic nitrogens is 2. The molecule has 1 aromatic heterocycles. The minimum atomic E-state index is 0.197. The van der Waals surface area contributed by atoms with Crippen molar-refractivity contribution in [1.29, 1.82) is 0 Å². The van der Waals surface area contributed by atoms with E-state index >= 15 is 0 Å². The molecule has 2 aromatic rings. The van der Waals surface area contributed by atoms with Crippen LogP contribution in [-0.2, 0) is 6.54 Å². The van der Waals surface area contributed by atoms with Crippen molar-refractivity contribution in [2.45, 2.75) is 13.0 Å². The van der Waals surface area contributed by atoms with Crippen LogP contribution in [0.5, 0.6) is 0 Å². The number of anilines is 1. The standard InChI is InChI=1S/C15H18Cl2N4/c1-21(11-12-6-3-2-4-7-12)9-5-8-18-14-13(16)10-19-15(17)20-14/h2-4,6-7,10H,5,8-9,11H2,1H3,(H,18,19,20). The fourth-order valence-corrected chi connectivity index (χ4v) is 2.29. The van der Waals surface area contributed by atoms with Crippen LogP contribution in [-0.4, -0.2) is 35.0 Å². The molecule has 21 heavy (non-hydrogen) atoms. The van der Waals surface area contributed by atoms with Gasteiger partial charge in [-0.25, -0.2) is 4.98 Å². The Morgan fingerprint density at radius 3 is 2.71 bits per heavy atom. The first-order valence-corrected chi connectivity index (χ1v) is 7.55. The van der Waals surface area contributed by atoms with Gasteiger partial charge in [-0.05, 0) is 37.2 Å². The van der Waals surface area contributed by atoms with Crippen LogP contribution in [0.1, 0.15) is 12.0 Å². The molecule has 6 heteroatoms. The molecule has 112 valence electrons. The summed E-state index contributed by atoms with van der Waals surface area (Å²) in [7, 11) is 2.11. The SMILES string of the molecule is CN(CCCNc1nc(Cl)ncc1Cl)Cc1ccccc1. The predicted octanol–water partition coefficient (Wildman–Crippen LogP) is 3.72. The lowest BCUT2D eigenvalue weighted by atomic mass is 10.2. The normalized spacial score (nSPS) is 10.9. The van der Waals surface area contributed by atoms with E-state index in [-0.39, 0.29) is 5.28 Å². The lowest BCUT2D eigenvalue weighted by Crippen LogP contribution is -2.21. The molecule has 0 aliphatic heterocycles. The first-order valence-electron chi connectivity index (χ1n) is 6.79. The summed E-state index contributed by atoms with van der Waals surface area (Å²) in [5.74, 6) is 0.586. The van der Waals surface area contributed by atoms with Crippen molar-refractivity contribution in [3.63, 3.8) is 0 Å². The quantitative estimate of drug-likeness (QED) is 0.622. The molecule has 0 saturated heterocycles. The molecule has 0 unspecified atom stereocenters. The zero-order valence-corrected chi connectivity index (χ0v) is 13.4. The van der Waals surface area contributed by atoms with Gasteiger partial charge in [-0.2, -0.15) is 4.98 Å². The highest BCUT2D eigenvalue weighted by Gasteiger charge is 2.04. The molecule has 0 fully saturated rings. The fourth-order valence-electron chi connectivity index (χ4n) is 2.00. The molecule has 4 nitrogen and oxygen atoms in total. The van der Waals surface area contributed by atoms with E-state index in [1.165, 1.54) is 11.8 Å². The molecular weight excluding hydrogens is 307 g/mol. The lowest BCUT2D eigenvalue weighted by molar-refractivity contribution is 0.325. The Hall–Kier alpha value is -1.36. The Bertz CT molecular complexity index is 563. The van der Waals surface area contributed by atoms with E-state index in [9.17, 15) is 0 Å². The maximum atomic E-state index is 5.99. The summed E-state index contributed by atoms with van der Waals surface area (Å²) in [6.07, 6.45) is 2.49. The summed E-state index contributed by atoms with van der Waals surface area (Å²) < 4.78 is 0. The number of benzene rings is 1. The van der Waals surface area contributed by atoms with E-state index in [1.54, 1.807) is 0 Å². The van der Waals surface area contributed by atoms with E-state index in [0.717, 1.165) is 26.1 Å². The van der Waals surface area contributed by atoms with Crippen molar-refractivity contribution in [2.24, 2.45) is 0 Å². The molecule has 0 bridgehead atoms. The third-order valence-electron chi connectivity index (χ3n) is 3.02. The molecule has 1 heterocycles.